The predicted molar refractivity (Wildman–Crippen MR) is 126 cm³/mol. The van der Waals surface area contributed by atoms with Crippen molar-refractivity contribution < 1.29 is 14.3 Å². The van der Waals surface area contributed by atoms with Crippen LogP contribution in [-0.4, -0.2) is 36.3 Å². The number of carbonyl (C=O) groups is 1. The van der Waals surface area contributed by atoms with Gasteiger partial charge in [-0.05, 0) is 64.1 Å². The Morgan fingerprint density at radius 3 is 2.58 bits per heavy atom. The molecular weight excluding hydrogens is 388 g/mol. The molecule has 0 saturated heterocycles. The molecule has 3 aromatic rings. The Balaban J connectivity index is 1.73. The number of fused-ring (bicyclic) bond motifs is 1. The fraction of sp³-hybridized carbons (Fsp3) is 0.423. The predicted octanol–water partition coefficient (Wildman–Crippen LogP) is 5.52. The maximum absolute atomic E-state index is 12.6. The summed E-state index contributed by atoms with van der Waals surface area (Å²) < 4.78 is 14.3. The molecule has 5 heteroatoms. The van der Waals surface area contributed by atoms with Gasteiger partial charge in [0.1, 0.15) is 18.5 Å². The van der Waals surface area contributed by atoms with Gasteiger partial charge in [-0.15, -0.1) is 0 Å². The number of hydrogen-bond acceptors (Lipinski definition) is 4. The Morgan fingerprint density at radius 1 is 1.10 bits per heavy atom. The van der Waals surface area contributed by atoms with E-state index in [1.807, 2.05) is 30.3 Å². The second-order valence-corrected chi connectivity index (χ2v) is 8.20. The number of esters is 1. The van der Waals surface area contributed by atoms with Crippen molar-refractivity contribution in [2.75, 3.05) is 19.7 Å². The van der Waals surface area contributed by atoms with E-state index >= 15 is 0 Å². The first-order chi connectivity index (χ1) is 15.0. The molecule has 0 fully saturated rings. The van der Waals surface area contributed by atoms with Crippen LogP contribution in [0.3, 0.4) is 0 Å². The Kier molecular flexibility index (Phi) is 8.13. The van der Waals surface area contributed by atoms with E-state index < -0.39 is 0 Å². The number of nitrogens with zero attached hydrogens (tertiary/aromatic N) is 1. The molecule has 1 unspecified atom stereocenters. The molecule has 2 aromatic carbocycles. The van der Waals surface area contributed by atoms with Gasteiger partial charge in [0.25, 0.3) is 0 Å². The van der Waals surface area contributed by atoms with E-state index in [4.69, 9.17) is 9.47 Å². The molecule has 166 valence electrons. The highest BCUT2D eigenvalue weighted by atomic mass is 16.6. The molecule has 0 aliphatic carbocycles. The first-order valence-corrected chi connectivity index (χ1v) is 11.2. The molecule has 0 aliphatic rings. The molecule has 1 N–H and O–H groups in total. The lowest BCUT2D eigenvalue weighted by atomic mass is 10.2. The summed E-state index contributed by atoms with van der Waals surface area (Å²) in [5.41, 5.74) is 2.91. The van der Waals surface area contributed by atoms with Crippen molar-refractivity contribution in [2.24, 2.45) is 0 Å². The molecule has 3 rings (SSSR count). The number of nitrogens with one attached hydrogen (secondary N) is 1. The first-order valence-electron chi connectivity index (χ1n) is 11.2. The Bertz CT molecular complexity index is 979. The van der Waals surface area contributed by atoms with Crippen LogP contribution in [0.15, 0.2) is 54.6 Å². The van der Waals surface area contributed by atoms with Gasteiger partial charge in [0.2, 0.25) is 0 Å². The van der Waals surface area contributed by atoms with Crippen LogP contribution in [0.5, 0.6) is 5.75 Å². The lowest BCUT2D eigenvalue weighted by molar-refractivity contribution is 0.0179. The van der Waals surface area contributed by atoms with Crippen LogP contribution >= 0.6 is 0 Å². The molecule has 0 saturated carbocycles. The largest absolute Gasteiger partial charge is 0.489 e. The summed E-state index contributed by atoms with van der Waals surface area (Å²) in [6.45, 7) is 10.4. The molecule has 5 nitrogen and oxygen atoms in total. The van der Waals surface area contributed by atoms with Gasteiger partial charge in [-0.1, -0.05) is 37.6 Å². The number of rotatable bonds is 11. The van der Waals surface area contributed by atoms with Gasteiger partial charge in [0.15, 0.2) is 0 Å². The third-order valence-electron chi connectivity index (χ3n) is 5.34. The van der Waals surface area contributed by atoms with E-state index in [1.54, 1.807) is 12.1 Å². The third kappa shape index (κ3) is 5.88. The van der Waals surface area contributed by atoms with Gasteiger partial charge >= 0.3 is 5.97 Å². The summed E-state index contributed by atoms with van der Waals surface area (Å²) in [4.78, 5) is 12.6. The molecule has 1 aromatic heterocycles. The van der Waals surface area contributed by atoms with Crippen molar-refractivity contribution in [3.8, 4) is 5.75 Å². The van der Waals surface area contributed by atoms with Crippen molar-refractivity contribution in [3.05, 3.63) is 65.9 Å². The van der Waals surface area contributed by atoms with Gasteiger partial charge < -0.3 is 19.4 Å². The summed E-state index contributed by atoms with van der Waals surface area (Å²) >= 11 is 0. The number of benzene rings is 2. The van der Waals surface area contributed by atoms with E-state index in [-0.39, 0.29) is 12.1 Å². The van der Waals surface area contributed by atoms with Gasteiger partial charge in [-0.2, -0.15) is 0 Å². The van der Waals surface area contributed by atoms with Crippen LogP contribution in [0.2, 0.25) is 0 Å². The van der Waals surface area contributed by atoms with E-state index in [0.717, 1.165) is 36.0 Å². The first kappa shape index (κ1) is 22.9. The molecule has 31 heavy (non-hydrogen) atoms. The molecule has 0 aliphatic heterocycles. The SMILES string of the molecule is CCCCNCC(COc1cccc2c1cc(C)n2C(C)C)OC(=O)c1ccccc1. The maximum atomic E-state index is 12.6. The Hall–Kier alpha value is -2.79. The molecule has 1 heterocycles. The minimum atomic E-state index is -0.381. The number of ether oxygens (including phenoxy) is 2. The summed E-state index contributed by atoms with van der Waals surface area (Å²) in [7, 11) is 0. The molecule has 1 atom stereocenters. The Labute approximate surface area is 185 Å². The zero-order chi connectivity index (χ0) is 22.2. The van der Waals surface area contributed by atoms with Crippen LogP contribution in [-0.2, 0) is 4.74 Å². The molecular formula is C26H34N2O3. The summed E-state index contributed by atoms with van der Waals surface area (Å²) in [6, 6.07) is 17.7. The molecule has 0 amide bonds. The van der Waals surface area contributed by atoms with E-state index in [1.165, 1.54) is 5.69 Å². The van der Waals surface area contributed by atoms with Crippen LogP contribution in [0.4, 0.5) is 0 Å². The van der Waals surface area contributed by atoms with Gasteiger partial charge in [-0.25, -0.2) is 4.79 Å². The fourth-order valence-corrected chi connectivity index (χ4v) is 3.84. The average molecular weight is 423 g/mol. The minimum Gasteiger partial charge on any atom is -0.489 e. The molecule has 0 spiro atoms. The van der Waals surface area contributed by atoms with Gasteiger partial charge in [-0.3, -0.25) is 0 Å². The van der Waals surface area contributed by atoms with Crippen LogP contribution in [0.25, 0.3) is 10.9 Å². The smallest absolute Gasteiger partial charge is 0.338 e. The van der Waals surface area contributed by atoms with Crippen molar-refractivity contribution >= 4 is 16.9 Å². The summed E-state index contributed by atoms with van der Waals surface area (Å²) in [6.07, 6.45) is 1.82. The molecule has 0 bridgehead atoms. The van der Waals surface area contributed by atoms with Crippen molar-refractivity contribution in [2.45, 2.75) is 52.7 Å². The van der Waals surface area contributed by atoms with Crippen LogP contribution in [0, 0.1) is 6.92 Å². The monoisotopic (exact) mass is 422 g/mol. The number of aromatic nitrogens is 1. The third-order valence-corrected chi connectivity index (χ3v) is 5.34. The van der Waals surface area contributed by atoms with E-state index in [2.05, 4.69) is 49.7 Å². The standard InChI is InChI=1S/C26H34N2O3/c1-5-6-15-27-17-22(31-26(29)21-11-8-7-9-12-21)18-30-25-14-10-13-24-23(25)16-20(4)28(24)19(2)3/h7-14,16,19,22,27H,5-6,15,17-18H2,1-4H3. The lowest BCUT2D eigenvalue weighted by Gasteiger charge is -2.20. The zero-order valence-corrected chi connectivity index (χ0v) is 19.1. The molecule has 0 radical (unpaired) electrons. The number of hydrogen-bond donors (Lipinski definition) is 1. The van der Waals surface area contributed by atoms with Crippen molar-refractivity contribution in [1.82, 2.24) is 9.88 Å². The van der Waals surface area contributed by atoms with Crippen molar-refractivity contribution in [1.29, 1.82) is 0 Å². The fourth-order valence-electron chi connectivity index (χ4n) is 3.84. The quantitative estimate of drug-likeness (QED) is 0.326. The summed E-state index contributed by atoms with van der Waals surface area (Å²) in [5.74, 6) is 0.487. The van der Waals surface area contributed by atoms with Crippen molar-refractivity contribution in [3.63, 3.8) is 0 Å². The van der Waals surface area contributed by atoms with E-state index in [0.29, 0.717) is 24.8 Å². The second-order valence-electron chi connectivity index (χ2n) is 8.20. The highest BCUT2D eigenvalue weighted by molar-refractivity contribution is 5.89. The number of unbranched alkanes of at least 4 members (excludes halogenated alkanes) is 1. The minimum absolute atomic E-state index is 0.294. The zero-order valence-electron chi connectivity index (χ0n) is 19.1. The maximum Gasteiger partial charge on any atom is 0.338 e. The number of aryl methyl sites for hydroxylation is 1. The van der Waals surface area contributed by atoms with Crippen LogP contribution in [0.1, 0.15) is 55.7 Å². The van der Waals surface area contributed by atoms with E-state index in [9.17, 15) is 4.79 Å². The van der Waals surface area contributed by atoms with Gasteiger partial charge in [0.05, 0.1) is 11.1 Å². The summed E-state index contributed by atoms with van der Waals surface area (Å²) in [5, 5.41) is 4.47. The topological polar surface area (TPSA) is 52.5 Å². The van der Waals surface area contributed by atoms with Crippen LogP contribution < -0.4 is 10.1 Å². The highest BCUT2D eigenvalue weighted by Gasteiger charge is 2.18. The lowest BCUT2D eigenvalue weighted by Crippen LogP contribution is -2.36. The average Bonchev–Trinajstić information content (AvgIpc) is 3.11. The number of carbonyl (C=O) groups excluding carboxylic acids is 1. The van der Waals surface area contributed by atoms with Gasteiger partial charge in [0, 0.05) is 23.7 Å². The Morgan fingerprint density at radius 2 is 1.87 bits per heavy atom. The highest BCUT2D eigenvalue weighted by Crippen LogP contribution is 2.31. The second kappa shape index (κ2) is 11.0. The normalized spacial score (nSPS) is 12.3.